The maximum atomic E-state index is 4.13. The van der Waals surface area contributed by atoms with Gasteiger partial charge >= 0.3 is 0 Å². The fourth-order valence-electron chi connectivity index (χ4n) is 1.43. The molecule has 1 aliphatic carbocycles. The number of aliphatic imine (C=N–C) groups is 1. The average molecular weight is 122 g/mol. The second-order valence-corrected chi connectivity index (χ2v) is 2.55. The molecule has 0 saturated heterocycles. The minimum absolute atomic E-state index is 0.947. The highest BCUT2D eigenvalue weighted by molar-refractivity contribution is 5.60. The van der Waals surface area contributed by atoms with Crippen molar-refractivity contribution in [1.29, 1.82) is 0 Å². The van der Waals surface area contributed by atoms with Gasteiger partial charge in [0.2, 0.25) is 0 Å². The van der Waals surface area contributed by atoms with E-state index in [4.69, 9.17) is 0 Å². The summed E-state index contributed by atoms with van der Waals surface area (Å²) in [4.78, 5) is 4.13. The van der Waals surface area contributed by atoms with E-state index in [-0.39, 0.29) is 0 Å². The van der Waals surface area contributed by atoms with Crippen LogP contribution in [0.1, 0.15) is 19.3 Å². The van der Waals surface area contributed by atoms with E-state index in [2.05, 4.69) is 10.3 Å². The Balaban J connectivity index is 2.21. The van der Waals surface area contributed by atoms with Gasteiger partial charge in [-0.2, -0.15) is 0 Å². The van der Waals surface area contributed by atoms with Crippen LogP contribution in [0.25, 0.3) is 0 Å². The molecule has 0 fully saturated rings. The van der Waals surface area contributed by atoms with Crippen LogP contribution in [0.3, 0.4) is 0 Å². The molecule has 0 aromatic carbocycles. The molecule has 0 aromatic heterocycles. The lowest BCUT2D eigenvalue weighted by molar-refractivity contribution is 0.877. The monoisotopic (exact) mass is 122 g/mol. The number of nitrogens with zero attached hydrogens (tertiary/aromatic N) is 1. The van der Waals surface area contributed by atoms with E-state index in [9.17, 15) is 0 Å². The third kappa shape index (κ3) is 0.745. The molecule has 2 heteroatoms. The van der Waals surface area contributed by atoms with Gasteiger partial charge in [0.25, 0.3) is 0 Å². The third-order valence-corrected chi connectivity index (χ3v) is 1.94. The average Bonchev–Trinajstić information content (AvgIpc) is 2.33. The highest BCUT2D eigenvalue weighted by Gasteiger charge is 2.14. The summed E-state index contributed by atoms with van der Waals surface area (Å²) in [7, 11) is 0. The molecule has 1 N–H and O–H groups in total. The van der Waals surface area contributed by atoms with E-state index in [1.165, 1.54) is 30.5 Å². The number of allylic oxidation sites excluding steroid dienone is 1. The third-order valence-electron chi connectivity index (χ3n) is 1.94. The van der Waals surface area contributed by atoms with Crippen molar-refractivity contribution in [2.75, 3.05) is 6.54 Å². The molecule has 2 aliphatic rings. The summed E-state index contributed by atoms with van der Waals surface area (Å²) < 4.78 is 0. The van der Waals surface area contributed by atoms with Gasteiger partial charge < -0.3 is 5.32 Å². The maximum Gasteiger partial charge on any atom is 0.0869 e. The van der Waals surface area contributed by atoms with Crippen LogP contribution >= 0.6 is 0 Å². The Morgan fingerprint density at radius 1 is 1.44 bits per heavy atom. The van der Waals surface area contributed by atoms with E-state index in [1.54, 1.807) is 0 Å². The van der Waals surface area contributed by atoms with Crippen molar-refractivity contribution in [3.05, 3.63) is 11.3 Å². The summed E-state index contributed by atoms with van der Waals surface area (Å²) in [6.07, 6.45) is 5.63. The largest absolute Gasteiger partial charge is 0.350 e. The van der Waals surface area contributed by atoms with Crippen molar-refractivity contribution in [1.82, 2.24) is 5.32 Å². The van der Waals surface area contributed by atoms with Gasteiger partial charge in [-0.1, -0.05) is 0 Å². The second kappa shape index (κ2) is 1.87. The van der Waals surface area contributed by atoms with Gasteiger partial charge in [-0.25, -0.2) is 0 Å². The maximum absolute atomic E-state index is 4.13. The van der Waals surface area contributed by atoms with E-state index in [1.807, 2.05) is 6.34 Å². The lowest BCUT2D eigenvalue weighted by Gasteiger charge is -2.08. The van der Waals surface area contributed by atoms with Crippen LogP contribution < -0.4 is 5.32 Å². The van der Waals surface area contributed by atoms with Crippen LogP contribution in [0.2, 0.25) is 0 Å². The van der Waals surface area contributed by atoms with Crippen LogP contribution in [-0.2, 0) is 0 Å². The van der Waals surface area contributed by atoms with Gasteiger partial charge in [-0.3, -0.25) is 4.99 Å². The summed E-state index contributed by atoms with van der Waals surface area (Å²) in [6.45, 7) is 0.947. The first-order valence-corrected chi connectivity index (χ1v) is 3.42. The fraction of sp³-hybridized carbons (Fsp3) is 0.571. The van der Waals surface area contributed by atoms with E-state index in [0.717, 1.165) is 6.54 Å². The molecule has 0 aromatic rings. The summed E-state index contributed by atoms with van der Waals surface area (Å²) in [5.74, 6) is 0. The molecule has 0 atom stereocenters. The second-order valence-electron chi connectivity index (χ2n) is 2.55. The van der Waals surface area contributed by atoms with Crippen LogP contribution in [0.15, 0.2) is 16.3 Å². The molecule has 48 valence electrons. The molecule has 2 nitrogen and oxygen atoms in total. The van der Waals surface area contributed by atoms with Crippen molar-refractivity contribution < 1.29 is 0 Å². The van der Waals surface area contributed by atoms with E-state index >= 15 is 0 Å². The molecule has 1 aliphatic heterocycles. The topological polar surface area (TPSA) is 24.4 Å². The Labute approximate surface area is 54.7 Å². The lowest BCUT2D eigenvalue weighted by Crippen LogP contribution is -2.15. The fourth-order valence-corrected chi connectivity index (χ4v) is 1.43. The standard InChI is InChI=1S/C7H10N2/c1-2-6-4-8-5-9-7(6)3-1/h5H,1-4H2,(H,8,9). The molecule has 0 radical (unpaired) electrons. The molecule has 0 unspecified atom stereocenters. The molecule has 2 rings (SSSR count). The number of rotatable bonds is 0. The molecular weight excluding hydrogens is 112 g/mol. The zero-order valence-electron chi connectivity index (χ0n) is 5.35. The molecule has 9 heavy (non-hydrogen) atoms. The lowest BCUT2D eigenvalue weighted by atomic mass is 10.2. The molecule has 1 heterocycles. The Hall–Kier alpha value is -0.790. The first-order chi connectivity index (χ1) is 4.47. The van der Waals surface area contributed by atoms with Gasteiger partial charge in [-0.05, 0) is 24.8 Å². The molecular formula is C7H10N2. The van der Waals surface area contributed by atoms with Gasteiger partial charge in [-0.15, -0.1) is 0 Å². The molecule has 0 bridgehead atoms. The Morgan fingerprint density at radius 3 is 3.33 bits per heavy atom. The number of nitrogens with one attached hydrogen (secondary N) is 1. The van der Waals surface area contributed by atoms with Crippen LogP contribution in [0.5, 0.6) is 0 Å². The zero-order valence-corrected chi connectivity index (χ0v) is 5.35. The first kappa shape index (κ1) is 5.03. The predicted molar refractivity (Wildman–Crippen MR) is 37.4 cm³/mol. The predicted octanol–water partition coefficient (Wildman–Crippen LogP) is 1.06. The Morgan fingerprint density at radius 2 is 2.44 bits per heavy atom. The highest BCUT2D eigenvalue weighted by Crippen LogP contribution is 2.24. The van der Waals surface area contributed by atoms with E-state index < -0.39 is 0 Å². The summed E-state index contributed by atoms with van der Waals surface area (Å²) in [5, 5.41) is 3.17. The van der Waals surface area contributed by atoms with Crippen LogP contribution in [-0.4, -0.2) is 12.9 Å². The smallest absolute Gasteiger partial charge is 0.0869 e. The van der Waals surface area contributed by atoms with Gasteiger partial charge in [0.1, 0.15) is 0 Å². The highest BCUT2D eigenvalue weighted by atomic mass is 15.0. The summed E-state index contributed by atoms with van der Waals surface area (Å²) in [6, 6.07) is 0. The normalized spacial score (nSPS) is 24.0. The first-order valence-electron chi connectivity index (χ1n) is 3.42. The van der Waals surface area contributed by atoms with Gasteiger partial charge in [0.15, 0.2) is 0 Å². The van der Waals surface area contributed by atoms with Crippen LogP contribution in [0, 0.1) is 0 Å². The van der Waals surface area contributed by atoms with Gasteiger partial charge in [0.05, 0.1) is 12.9 Å². The molecule has 0 amide bonds. The zero-order chi connectivity index (χ0) is 6.10. The van der Waals surface area contributed by atoms with Crippen molar-refractivity contribution in [2.24, 2.45) is 4.99 Å². The number of hydrogen-bond donors (Lipinski definition) is 1. The minimum atomic E-state index is 0.947. The van der Waals surface area contributed by atoms with Crippen molar-refractivity contribution in [3.8, 4) is 0 Å². The summed E-state index contributed by atoms with van der Waals surface area (Å²) in [5.41, 5.74) is 2.96. The van der Waals surface area contributed by atoms with Crippen molar-refractivity contribution in [2.45, 2.75) is 19.3 Å². The van der Waals surface area contributed by atoms with E-state index in [0.29, 0.717) is 0 Å². The SMILES string of the molecule is C1=NCC2=C(CCC2)N1. The van der Waals surface area contributed by atoms with Crippen molar-refractivity contribution in [3.63, 3.8) is 0 Å². The minimum Gasteiger partial charge on any atom is -0.350 e. The number of hydrogen-bond acceptors (Lipinski definition) is 2. The molecule has 0 spiro atoms. The quantitative estimate of drug-likeness (QED) is 0.510. The Bertz CT molecular complexity index is 161. The Kier molecular flexibility index (Phi) is 1.04. The van der Waals surface area contributed by atoms with Gasteiger partial charge in [0, 0.05) is 5.70 Å². The van der Waals surface area contributed by atoms with Crippen molar-refractivity contribution >= 4 is 6.34 Å². The van der Waals surface area contributed by atoms with Crippen LogP contribution in [0.4, 0.5) is 0 Å². The summed E-state index contributed by atoms with van der Waals surface area (Å²) >= 11 is 0. The molecule has 0 saturated carbocycles.